The number of hydrogen-bond donors (Lipinski definition) is 0. The minimum Gasteiger partial charge on any atom is -0.462 e. The van der Waals surface area contributed by atoms with Crippen molar-refractivity contribution in [1.82, 2.24) is 4.57 Å². The Morgan fingerprint density at radius 2 is 2.00 bits per heavy atom. The average molecular weight is 451 g/mol. The fraction of sp³-hybridized carbons (Fsp3) is 0.158. The van der Waals surface area contributed by atoms with E-state index in [0.717, 1.165) is 3.57 Å². The Balaban J connectivity index is 2.18. The highest BCUT2D eigenvalue weighted by Crippen LogP contribution is 2.18. The molecule has 0 spiro atoms. The van der Waals surface area contributed by atoms with E-state index >= 15 is 0 Å². The van der Waals surface area contributed by atoms with Crippen LogP contribution in [-0.4, -0.2) is 17.1 Å². The van der Waals surface area contributed by atoms with Crippen LogP contribution in [0.1, 0.15) is 22.8 Å². The van der Waals surface area contributed by atoms with Crippen LogP contribution < -0.4 is 5.43 Å². The van der Waals surface area contributed by atoms with E-state index in [-0.39, 0.29) is 30.0 Å². The fourth-order valence-electron chi connectivity index (χ4n) is 2.66. The topological polar surface area (TPSA) is 48.3 Å². The normalized spacial score (nSPS) is 10.8. The van der Waals surface area contributed by atoms with Crippen molar-refractivity contribution in [3.8, 4) is 0 Å². The van der Waals surface area contributed by atoms with Gasteiger partial charge in [-0.25, -0.2) is 9.18 Å². The molecule has 0 aliphatic carbocycles. The highest BCUT2D eigenvalue weighted by molar-refractivity contribution is 14.1. The molecular weight excluding hydrogens is 436 g/mol. The standard InChI is InChI=1S/C19H15FINO3/c1-2-25-19(24)15-11-22(10-12-7-8-13(21)9-16(12)20)17-6-4-3-5-14(17)18(15)23/h3-9,11H,2,10H2,1H3. The van der Waals surface area contributed by atoms with Gasteiger partial charge in [0.2, 0.25) is 5.43 Å². The molecule has 25 heavy (non-hydrogen) atoms. The van der Waals surface area contributed by atoms with Gasteiger partial charge in [0.1, 0.15) is 11.4 Å². The van der Waals surface area contributed by atoms with Gasteiger partial charge in [-0.2, -0.15) is 0 Å². The summed E-state index contributed by atoms with van der Waals surface area (Å²) in [5.41, 5.74) is 0.683. The maximum atomic E-state index is 14.2. The van der Waals surface area contributed by atoms with Crippen LogP contribution >= 0.6 is 22.6 Å². The van der Waals surface area contributed by atoms with Gasteiger partial charge in [0.15, 0.2) is 0 Å². The van der Waals surface area contributed by atoms with E-state index < -0.39 is 5.97 Å². The van der Waals surface area contributed by atoms with Gasteiger partial charge >= 0.3 is 5.97 Å². The van der Waals surface area contributed by atoms with Crippen LogP contribution in [0.25, 0.3) is 10.9 Å². The smallest absolute Gasteiger partial charge is 0.343 e. The van der Waals surface area contributed by atoms with E-state index in [1.807, 2.05) is 28.7 Å². The molecule has 3 rings (SSSR count). The second-order valence-corrected chi connectivity index (χ2v) is 6.72. The predicted molar refractivity (Wildman–Crippen MR) is 102 cm³/mol. The number of aromatic nitrogens is 1. The molecule has 0 unspecified atom stereocenters. The predicted octanol–water partition coefficient (Wildman–Crippen LogP) is 3.97. The fourth-order valence-corrected chi connectivity index (χ4v) is 3.12. The largest absolute Gasteiger partial charge is 0.462 e. The molecule has 2 aromatic carbocycles. The Morgan fingerprint density at radius 1 is 1.24 bits per heavy atom. The van der Waals surface area contributed by atoms with Gasteiger partial charge in [0.25, 0.3) is 0 Å². The van der Waals surface area contributed by atoms with Gasteiger partial charge in [-0.1, -0.05) is 18.2 Å². The average Bonchev–Trinajstić information content (AvgIpc) is 2.59. The molecule has 0 saturated carbocycles. The molecule has 0 fully saturated rings. The Labute approximate surface area is 157 Å². The minimum atomic E-state index is -0.671. The second kappa shape index (κ2) is 7.35. The SMILES string of the molecule is CCOC(=O)c1cn(Cc2ccc(I)cc2F)c2ccccc2c1=O. The first-order chi connectivity index (χ1) is 12.0. The number of nitrogens with zero attached hydrogens (tertiary/aromatic N) is 1. The van der Waals surface area contributed by atoms with E-state index in [4.69, 9.17) is 4.74 Å². The summed E-state index contributed by atoms with van der Waals surface area (Å²) in [6.07, 6.45) is 1.44. The third-order valence-corrected chi connectivity index (χ3v) is 4.51. The summed E-state index contributed by atoms with van der Waals surface area (Å²) in [6, 6.07) is 11.9. The Bertz CT molecular complexity index is 1010. The van der Waals surface area contributed by atoms with E-state index in [2.05, 4.69) is 0 Å². The van der Waals surface area contributed by atoms with Crippen molar-refractivity contribution in [2.24, 2.45) is 0 Å². The molecule has 128 valence electrons. The maximum absolute atomic E-state index is 14.2. The summed E-state index contributed by atoms with van der Waals surface area (Å²) in [6.45, 7) is 2.06. The van der Waals surface area contributed by atoms with Gasteiger partial charge in [0, 0.05) is 20.7 Å². The molecule has 1 aromatic heterocycles. The molecular formula is C19H15FINO3. The summed E-state index contributed by atoms with van der Waals surface area (Å²) >= 11 is 2.05. The lowest BCUT2D eigenvalue weighted by Crippen LogP contribution is -2.21. The van der Waals surface area contributed by atoms with Crippen molar-refractivity contribution in [3.63, 3.8) is 0 Å². The Kier molecular flexibility index (Phi) is 5.17. The number of hydrogen-bond acceptors (Lipinski definition) is 3. The number of esters is 1. The second-order valence-electron chi connectivity index (χ2n) is 5.47. The first-order valence-corrected chi connectivity index (χ1v) is 8.82. The molecule has 0 N–H and O–H groups in total. The Morgan fingerprint density at radius 3 is 2.72 bits per heavy atom. The monoisotopic (exact) mass is 451 g/mol. The molecule has 4 nitrogen and oxygen atoms in total. The molecule has 0 saturated heterocycles. The lowest BCUT2D eigenvalue weighted by Gasteiger charge is -2.14. The van der Waals surface area contributed by atoms with Crippen LogP contribution in [0.5, 0.6) is 0 Å². The zero-order valence-electron chi connectivity index (χ0n) is 13.5. The van der Waals surface area contributed by atoms with Gasteiger partial charge in [-0.05, 0) is 53.8 Å². The highest BCUT2D eigenvalue weighted by atomic mass is 127. The number of ether oxygens (including phenoxy) is 1. The molecule has 6 heteroatoms. The minimum absolute atomic E-state index is 0.0496. The van der Waals surface area contributed by atoms with Crippen molar-refractivity contribution >= 4 is 39.5 Å². The molecule has 3 aromatic rings. The van der Waals surface area contributed by atoms with Crippen LogP contribution in [0.3, 0.4) is 0 Å². The van der Waals surface area contributed by atoms with E-state index in [9.17, 15) is 14.0 Å². The summed E-state index contributed by atoms with van der Waals surface area (Å²) < 4.78 is 21.7. The number of carbonyl (C=O) groups is 1. The van der Waals surface area contributed by atoms with Crippen molar-refractivity contribution in [2.45, 2.75) is 13.5 Å². The molecule has 0 amide bonds. The van der Waals surface area contributed by atoms with Gasteiger partial charge < -0.3 is 9.30 Å². The molecule has 0 radical (unpaired) electrons. The summed E-state index contributed by atoms with van der Waals surface area (Å²) in [5.74, 6) is -0.998. The third kappa shape index (κ3) is 3.58. The zero-order valence-corrected chi connectivity index (χ0v) is 15.6. The molecule has 0 bridgehead atoms. The number of fused-ring (bicyclic) bond motifs is 1. The van der Waals surface area contributed by atoms with Gasteiger partial charge in [-0.3, -0.25) is 4.79 Å². The first-order valence-electron chi connectivity index (χ1n) is 7.74. The van der Waals surface area contributed by atoms with Crippen LogP contribution in [0.4, 0.5) is 4.39 Å². The van der Waals surface area contributed by atoms with Gasteiger partial charge in [-0.15, -0.1) is 0 Å². The van der Waals surface area contributed by atoms with E-state index in [0.29, 0.717) is 16.5 Å². The maximum Gasteiger partial charge on any atom is 0.343 e. The van der Waals surface area contributed by atoms with Crippen molar-refractivity contribution < 1.29 is 13.9 Å². The summed E-state index contributed by atoms with van der Waals surface area (Å²) in [4.78, 5) is 24.7. The first kappa shape index (κ1) is 17.6. The molecule has 0 atom stereocenters. The number of rotatable bonds is 4. The van der Waals surface area contributed by atoms with Crippen molar-refractivity contribution in [2.75, 3.05) is 6.61 Å². The van der Waals surface area contributed by atoms with Gasteiger partial charge in [0.05, 0.1) is 18.7 Å². The quantitative estimate of drug-likeness (QED) is 0.446. The highest BCUT2D eigenvalue weighted by Gasteiger charge is 2.17. The molecule has 0 aliphatic rings. The van der Waals surface area contributed by atoms with Crippen LogP contribution in [0.15, 0.2) is 53.5 Å². The van der Waals surface area contributed by atoms with E-state index in [1.165, 1.54) is 12.3 Å². The number of benzene rings is 2. The molecule has 1 heterocycles. The number of pyridine rings is 1. The lowest BCUT2D eigenvalue weighted by atomic mass is 10.1. The zero-order chi connectivity index (χ0) is 18.0. The van der Waals surface area contributed by atoms with E-state index in [1.54, 1.807) is 41.8 Å². The van der Waals surface area contributed by atoms with Crippen molar-refractivity contribution in [3.05, 3.63) is 79.4 Å². The Hall–Kier alpha value is -2.22. The molecule has 0 aliphatic heterocycles. The van der Waals surface area contributed by atoms with Crippen LogP contribution in [-0.2, 0) is 11.3 Å². The number of halogens is 2. The lowest BCUT2D eigenvalue weighted by molar-refractivity contribution is 0.0524. The third-order valence-electron chi connectivity index (χ3n) is 3.84. The summed E-state index contributed by atoms with van der Waals surface area (Å²) in [5, 5.41) is 0.402. The van der Waals surface area contributed by atoms with Crippen molar-refractivity contribution in [1.29, 1.82) is 0 Å². The number of carbonyl (C=O) groups excluding carboxylic acids is 1. The number of para-hydroxylation sites is 1. The van der Waals surface area contributed by atoms with Crippen LogP contribution in [0, 0.1) is 9.39 Å². The van der Waals surface area contributed by atoms with Crippen LogP contribution in [0.2, 0.25) is 0 Å². The summed E-state index contributed by atoms with van der Waals surface area (Å²) in [7, 11) is 0.